The molecule has 0 radical (unpaired) electrons. The van der Waals surface area contributed by atoms with Crippen LogP contribution in [0.4, 0.5) is 17.5 Å². The molecule has 0 atom stereocenters. The van der Waals surface area contributed by atoms with Gasteiger partial charge in [-0.15, -0.1) is 10.2 Å². The summed E-state index contributed by atoms with van der Waals surface area (Å²) < 4.78 is 1.76. The number of amides is 1. The Bertz CT molecular complexity index is 1030. The fraction of sp³-hybridized carbons (Fsp3) is 0.381. The van der Waals surface area contributed by atoms with E-state index >= 15 is 0 Å². The monoisotopic (exact) mass is 406 g/mol. The number of pyridine rings is 1. The molecule has 1 fully saturated rings. The van der Waals surface area contributed by atoms with E-state index in [0.29, 0.717) is 37.6 Å². The third kappa shape index (κ3) is 3.96. The van der Waals surface area contributed by atoms with E-state index in [2.05, 4.69) is 30.5 Å². The minimum absolute atomic E-state index is 0.0500. The molecule has 1 amide bonds. The van der Waals surface area contributed by atoms with Gasteiger partial charge in [0.1, 0.15) is 5.82 Å². The first-order chi connectivity index (χ1) is 14.4. The Labute approximate surface area is 175 Å². The van der Waals surface area contributed by atoms with Crippen molar-refractivity contribution in [3.8, 4) is 0 Å². The van der Waals surface area contributed by atoms with Crippen LogP contribution in [0, 0.1) is 20.8 Å². The summed E-state index contributed by atoms with van der Waals surface area (Å²) in [5.41, 5.74) is 3.50. The van der Waals surface area contributed by atoms with Crippen molar-refractivity contribution in [2.75, 3.05) is 36.4 Å². The van der Waals surface area contributed by atoms with Crippen molar-refractivity contribution >= 4 is 23.4 Å². The van der Waals surface area contributed by atoms with Gasteiger partial charge < -0.3 is 15.1 Å². The molecular formula is C21H26N8O. The number of rotatable bonds is 4. The molecular weight excluding hydrogens is 380 g/mol. The Morgan fingerprint density at radius 1 is 0.967 bits per heavy atom. The topological polar surface area (TPSA) is 92.1 Å². The normalized spacial score (nSPS) is 14.1. The van der Waals surface area contributed by atoms with Crippen molar-refractivity contribution in [2.45, 2.75) is 20.8 Å². The Kier molecular flexibility index (Phi) is 5.35. The highest BCUT2D eigenvalue weighted by Crippen LogP contribution is 2.19. The third-order valence-electron chi connectivity index (χ3n) is 5.43. The first-order valence-corrected chi connectivity index (χ1v) is 10.00. The average Bonchev–Trinajstić information content (AvgIpc) is 3.01. The molecule has 3 aromatic heterocycles. The van der Waals surface area contributed by atoms with Crippen LogP contribution in [0.5, 0.6) is 0 Å². The molecule has 9 heteroatoms. The van der Waals surface area contributed by atoms with Gasteiger partial charge in [-0.3, -0.25) is 9.48 Å². The fourth-order valence-corrected chi connectivity index (χ4v) is 3.61. The lowest BCUT2D eigenvalue weighted by Gasteiger charge is -2.35. The average molecular weight is 406 g/mol. The van der Waals surface area contributed by atoms with Gasteiger partial charge in [-0.05, 0) is 44.5 Å². The van der Waals surface area contributed by atoms with Crippen LogP contribution < -0.4 is 10.2 Å². The maximum absolute atomic E-state index is 12.9. The maximum atomic E-state index is 12.9. The zero-order chi connectivity index (χ0) is 21.3. The smallest absolute Gasteiger partial charge is 0.257 e. The zero-order valence-electron chi connectivity index (χ0n) is 17.8. The number of nitrogens with one attached hydrogen (secondary N) is 1. The van der Waals surface area contributed by atoms with Crippen molar-refractivity contribution in [1.29, 1.82) is 0 Å². The van der Waals surface area contributed by atoms with Gasteiger partial charge in [0.05, 0.1) is 11.3 Å². The second-order valence-corrected chi connectivity index (χ2v) is 7.57. The largest absolute Gasteiger partial charge is 0.352 e. The second-order valence-electron chi connectivity index (χ2n) is 7.57. The van der Waals surface area contributed by atoms with Crippen LogP contribution in [-0.2, 0) is 7.05 Å². The number of piperazine rings is 1. The Balaban J connectivity index is 1.37. The molecule has 1 N–H and O–H groups in total. The van der Waals surface area contributed by atoms with E-state index in [1.165, 1.54) is 0 Å². The van der Waals surface area contributed by atoms with Crippen LogP contribution in [0.1, 0.15) is 27.3 Å². The molecule has 9 nitrogen and oxygen atoms in total. The fourth-order valence-electron chi connectivity index (χ4n) is 3.61. The summed E-state index contributed by atoms with van der Waals surface area (Å²) in [5.74, 6) is 2.23. The zero-order valence-corrected chi connectivity index (χ0v) is 17.8. The molecule has 30 heavy (non-hydrogen) atoms. The number of carbonyl (C=O) groups excluding carboxylic acids is 1. The molecule has 0 unspecified atom stereocenters. The first-order valence-electron chi connectivity index (χ1n) is 10.00. The number of aryl methyl sites for hydroxylation is 3. The minimum atomic E-state index is 0.0500. The Morgan fingerprint density at radius 2 is 1.70 bits per heavy atom. The summed E-state index contributed by atoms with van der Waals surface area (Å²) in [4.78, 5) is 21.3. The predicted molar refractivity (Wildman–Crippen MR) is 115 cm³/mol. The lowest BCUT2D eigenvalue weighted by atomic mass is 10.1. The van der Waals surface area contributed by atoms with Crippen LogP contribution in [0.3, 0.4) is 0 Å². The maximum Gasteiger partial charge on any atom is 0.257 e. The summed E-state index contributed by atoms with van der Waals surface area (Å²) in [6.45, 7) is 8.52. The van der Waals surface area contributed by atoms with Crippen LogP contribution in [0.2, 0.25) is 0 Å². The highest BCUT2D eigenvalue weighted by atomic mass is 16.2. The molecule has 156 valence electrons. The molecule has 4 heterocycles. The molecule has 1 saturated heterocycles. The van der Waals surface area contributed by atoms with Gasteiger partial charge >= 0.3 is 0 Å². The summed E-state index contributed by atoms with van der Waals surface area (Å²) in [7, 11) is 1.86. The van der Waals surface area contributed by atoms with Gasteiger partial charge in [0.2, 0.25) is 0 Å². The van der Waals surface area contributed by atoms with E-state index in [1.807, 2.05) is 57.0 Å². The van der Waals surface area contributed by atoms with Crippen LogP contribution in [0.25, 0.3) is 0 Å². The van der Waals surface area contributed by atoms with Crippen LogP contribution in [-0.4, -0.2) is 61.9 Å². The molecule has 4 rings (SSSR count). The van der Waals surface area contributed by atoms with Gasteiger partial charge in [-0.1, -0.05) is 6.07 Å². The molecule has 1 aliphatic heterocycles. The first kappa shape index (κ1) is 19.8. The van der Waals surface area contributed by atoms with E-state index in [1.54, 1.807) is 10.9 Å². The quantitative estimate of drug-likeness (QED) is 0.710. The Hall–Kier alpha value is -3.49. The van der Waals surface area contributed by atoms with E-state index in [9.17, 15) is 4.79 Å². The number of hydrogen-bond acceptors (Lipinski definition) is 7. The van der Waals surface area contributed by atoms with Crippen molar-refractivity contribution in [3.05, 3.63) is 53.0 Å². The highest BCUT2D eigenvalue weighted by molar-refractivity contribution is 5.96. The van der Waals surface area contributed by atoms with Gasteiger partial charge in [0, 0.05) is 45.1 Å². The summed E-state index contributed by atoms with van der Waals surface area (Å²) in [6.07, 6.45) is 1.80. The summed E-state index contributed by atoms with van der Waals surface area (Å²) in [6, 6.07) is 7.74. The highest BCUT2D eigenvalue weighted by Gasteiger charge is 2.27. The summed E-state index contributed by atoms with van der Waals surface area (Å²) >= 11 is 0. The van der Waals surface area contributed by atoms with E-state index in [4.69, 9.17) is 0 Å². The van der Waals surface area contributed by atoms with E-state index in [-0.39, 0.29) is 5.91 Å². The molecule has 0 aliphatic carbocycles. The van der Waals surface area contributed by atoms with Gasteiger partial charge in [0.25, 0.3) is 5.91 Å². The molecule has 0 aromatic carbocycles. The van der Waals surface area contributed by atoms with Gasteiger partial charge in [-0.25, -0.2) is 4.98 Å². The van der Waals surface area contributed by atoms with Gasteiger partial charge in [-0.2, -0.15) is 5.10 Å². The lowest BCUT2D eigenvalue weighted by Crippen LogP contribution is -2.49. The molecule has 1 aliphatic rings. The predicted octanol–water partition coefficient (Wildman–Crippen LogP) is 2.24. The number of nitrogens with zero attached hydrogens (tertiary/aromatic N) is 7. The third-order valence-corrected chi connectivity index (χ3v) is 5.43. The van der Waals surface area contributed by atoms with E-state index < -0.39 is 0 Å². The van der Waals surface area contributed by atoms with Crippen molar-refractivity contribution < 1.29 is 4.79 Å². The number of anilines is 3. The van der Waals surface area contributed by atoms with Crippen molar-refractivity contribution in [3.63, 3.8) is 0 Å². The lowest BCUT2D eigenvalue weighted by molar-refractivity contribution is 0.0745. The number of hydrogen-bond donors (Lipinski definition) is 1. The number of aromatic nitrogens is 5. The molecule has 0 saturated carbocycles. The van der Waals surface area contributed by atoms with Crippen LogP contribution >= 0.6 is 0 Å². The number of carbonyl (C=O) groups is 1. The summed E-state index contributed by atoms with van der Waals surface area (Å²) in [5, 5.41) is 16.1. The van der Waals surface area contributed by atoms with Gasteiger partial charge in [0.15, 0.2) is 11.6 Å². The molecule has 3 aromatic rings. The van der Waals surface area contributed by atoms with Crippen LogP contribution in [0.15, 0.2) is 30.5 Å². The SMILES string of the molecule is Cc1ccc(Nc2ccc(N3CCN(C(=O)c4c(C)nn(C)c4C)CC3)nn2)nc1. The van der Waals surface area contributed by atoms with Crippen molar-refractivity contribution in [1.82, 2.24) is 29.9 Å². The molecule has 0 bridgehead atoms. The standard InChI is InChI=1S/C21H26N8O/c1-14-5-6-17(22-13-14)23-18-7-8-19(25-24-18)28-9-11-29(12-10-28)21(30)20-15(2)26-27(4)16(20)3/h5-8,13H,9-12H2,1-4H3,(H,22,23,24). The molecule has 0 spiro atoms. The van der Waals surface area contributed by atoms with Crippen molar-refractivity contribution in [2.24, 2.45) is 7.05 Å². The Morgan fingerprint density at radius 3 is 2.27 bits per heavy atom. The van der Waals surface area contributed by atoms with E-state index in [0.717, 1.165) is 28.6 Å². The second kappa shape index (κ2) is 8.10. The minimum Gasteiger partial charge on any atom is -0.352 e.